The predicted molar refractivity (Wildman–Crippen MR) is 112 cm³/mol. The fourth-order valence-corrected chi connectivity index (χ4v) is 4.38. The molecule has 1 heterocycles. The Balaban J connectivity index is 2.15. The summed E-state index contributed by atoms with van der Waals surface area (Å²) in [6.07, 6.45) is 3.29. The lowest BCUT2D eigenvalue weighted by Crippen LogP contribution is -2.44. The average Bonchev–Trinajstić information content (AvgIpc) is 2.96. The number of nitriles is 1. The normalized spacial score (nSPS) is 20.9. The molecular formula is C20H28ClN3O2Si. The number of nitrogens with zero attached hydrogens (tertiary/aromatic N) is 3. The first-order valence-corrected chi connectivity index (χ1v) is 12.4. The van der Waals surface area contributed by atoms with Gasteiger partial charge in [0.15, 0.2) is 8.32 Å². The van der Waals surface area contributed by atoms with Crippen LogP contribution in [0.5, 0.6) is 0 Å². The van der Waals surface area contributed by atoms with Gasteiger partial charge in [0, 0.05) is 6.42 Å². The molecule has 0 radical (unpaired) electrons. The first-order valence-electron chi connectivity index (χ1n) is 9.13. The highest BCUT2D eigenvalue weighted by molar-refractivity contribution is 6.74. The van der Waals surface area contributed by atoms with Gasteiger partial charge >= 0.3 is 0 Å². The maximum absolute atomic E-state index is 11.5. The zero-order valence-corrected chi connectivity index (χ0v) is 18.7. The highest BCUT2D eigenvalue weighted by atomic mass is 35.5. The highest BCUT2D eigenvalue weighted by Gasteiger charge is 2.42. The molecule has 0 amide bonds. The Morgan fingerprint density at radius 2 is 2.07 bits per heavy atom. The van der Waals surface area contributed by atoms with Crippen molar-refractivity contribution in [3.8, 4) is 6.07 Å². The molecule has 0 N–H and O–H groups in total. The van der Waals surface area contributed by atoms with Gasteiger partial charge in [-0.25, -0.2) is 0 Å². The van der Waals surface area contributed by atoms with E-state index in [1.165, 1.54) is 0 Å². The van der Waals surface area contributed by atoms with Crippen molar-refractivity contribution in [2.24, 2.45) is 5.10 Å². The third kappa shape index (κ3) is 4.78. The number of carbonyl (C=O) groups is 1. The number of hydrogen-bond donors (Lipinski definition) is 0. The highest BCUT2D eigenvalue weighted by Crippen LogP contribution is 2.38. The monoisotopic (exact) mass is 405 g/mol. The van der Waals surface area contributed by atoms with Crippen molar-refractivity contribution in [1.29, 1.82) is 5.26 Å². The van der Waals surface area contributed by atoms with Crippen LogP contribution in [0.3, 0.4) is 0 Å². The van der Waals surface area contributed by atoms with Gasteiger partial charge in [-0.2, -0.15) is 10.4 Å². The molecule has 7 heteroatoms. The van der Waals surface area contributed by atoms with Gasteiger partial charge in [0.2, 0.25) is 0 Å². The standard InChI is InChI=1S/C20H28ClN3O2Si/c1-14-16(8-7-15(10-22)19(14)21)11-23-24-12-18(9-17(24)13-25)26-27(5,6)20(2,3)4/h7-8,11,13,17-18H,9,12H2,1-6H3/b23-11+/t17-,18+/m0/s1. The van der Waals surface area contributed by atoms with Gasteiger partial charge in [0.25, 0.3) is 0 Å². The number of halogens is 1. The molecule has 1 saturated heterocycles. The molecule has 1 aliphatic heterocycles. The summed E-state index contributed by atoms with van der Waals surface area (Å²) in [4.78, 5) is 11.5. The van der Waals surface area contributed by atoms with Crippen LogP contribution >= 0.6 is 11.6 Å². The summed E-state index contributed by atoms with van der Waals surface area (Å²) in [6, 6.07) is 5.28. The van der Waals surface area contributed by atoms with E-state index in [0.717, 1.165) is 17.4 Å². The molecule has 1 aliphatic rings. The Morgan fingerprint density at radius 3 is 2.63 bits per heavy atom. The largest absolute Gasteiger partial charge is 0.412 e. The summed E-state index contributed by atoms with van der Waals surface area (Å²) in [7, 11) is -1.90. The topological polar surface area (TPSA) is 65.7 Å². The van der Waals surface area contributed by atoms with Crippen molar-refractivity contribution in [3.63, 3.8) is 0 Å². The van der Waals surface area contributed by atoms with E-state index < -0.39 is 8.32 Å². The lowest BCUT2D eigenvalue weighted by molar-refractivity contribution is -0.111. The number of aldehydes is 1. The molecular weight excluding hydrogens is 378 g/mol. The second kappa shape index (κ2) is 8.13. The van der Waals surface area contributed by atoms with E-state index in [1.54, 1.807) is 17.3 Å². The van der Waals surface area contributed by atoms with Crippen molar-refractivity contribution >= 4 is 32.4 Å². The Morgan fingerprint density at radius 1 is 1.41 bits per heavy atom. The number of benzene rings is 1. The molecule has 0 spiro atoms. The Bertz CT molecular complexity index is 781. The van der Waals surface area contributed by atoms with Crippen LogP contribution in [0.25, 0.3) is 0 Å². The van der Waals surface area contributed by atoms with Crippen molar-refractivity contribution in [2.75, 3.05) is 6.54 Å². The van der Waals surface area contributed by atoms with E-state index in [2.05, 4.69) is 45.0 Å². The molecule has 0 saturated carbocycles. The van der Waals surface area contributed by atoms with Crippen LogP contribution in [-0.4, -0.2) is 44.5 Å². The Hall–Kier alpha value is -1.68. The minimum Gasteiger partial charge on any atom is -0.412 e. The molecule has 146 valence electrons. The summed E-state index contributed by atoms with van der Waals surface area (Å²) in [5, 5.41) is 15.9. The van der Waals surface area contributed by atoms with Crippen molar-refractivity contribution in [2.45, 2.75) is 64.4 Å². The molecule has 0 unspecified atom stereocenters. The molecule has 0 aromatic heterocycles. The molecule has 2 atom stereocenters. The van der Waals surface area contributed by atoms with Gasteiger partial charge in [0.1, 0.15) is 18.4 Å². The summed E-state index contributed by atoms with van der Waals surface area (Å²) in [5.74, 6) is 0. The minimum absolute atomic E-state index is 0.00360. The molecule has 5 nitrogen and oxygen atoms in total. The van der Waals surface area contributed by atoms with Gasteiger partial charge in [-0.05, 0) is 42.2 Å². The maximum atomic E-state index is 11.5. The Labute approximate surface area is 168 Å². The van der Waals surface area contributed by atoms with Crippen LogP contribution in [0.4, 0.5) is 0 Å². The quantitative estimate of drug-likeness (QED) is 0.410. The van der Waals surface area contributed by atoms with Gasteiger partial charge in [-0.15, -0.1) is 0 Å². The molecule has 1 fully saturated rings. The molecule has 1 aromatic carbocycles. The smallest absolute Gasteiger partial charge is 0.192 e. The molecule has 0 bridgehead atoms. The van der Waals surface area contributed by atoms with Crippen molar-refractivity contribution < 1.29 is 9.22 Å². The molecule has 0 aliphatic carbocycles. The third-order valence-corrected chi connectivity index (χ3v) is 10.6. The second-order valence-corrected chi connectivity index (χ2v) is 13.7. The summed E-state index contributed by atoms with van der Waals surface area (Å²) < 4.78 is 6.46. The number of hydrazone groups is 1. The van der Waals surface area contributed by atoms with Gasteiger partial charge < -0.3 is 9.22 Å². The van der Waals surface area contributed by atoms with Crippen LogP contribution in [0.2, 0.25) is 23.2 Å². The van der Waals surface area contributed by atoms with E-state index in [1.807, 2.05) is 13.0 Å². The average molecular weight is 406 g/mol. The second-order valence-electron chi connectivity index (χ2n) is 8.56. The lowest BCUT2D eigenvalue weighted by Gasteiger charge is -2.38. The lowest BCUT2D eigenvalue weighted by atomic mass is 10.1. The summed E-state index contributed by atoms with van der Waals surface area (Å²) in [5.41, 5.74) is 2.08. The Kier molecular flexibility index (Phi) is 6.51. The zero-order chi connectivity index (χ0) is 20.4. The number of carbonyl (C=O) groups excluding carboxylic acids is 1. The van der Waals surface area contributed by atoms with Crippen molar-refractivity contribution in [1.82, 2.24) is 5.01 Å². The van der Waals surface area contributed by atoms with Crippen LogP contribution in [0.1, 0.15) is 43.9 Å². The molecule has 2 rings (SSSR count). The maximum Gasteiger partial charge on any atom is 0.192 e. The van der Waals surface area contributed by atoms with E-state index in [9.17, 15) is 4.79 Å². The first-order chi connectivity index (χ1) is 12.5. The van der Waals surface area contributed by atoms with Crippen molar-refractivity contribution in [3.05, 3.63) is 33.8 Å². The summed E-state index contributed by atoms with van der Waals surface area (Å²) >= 11 is 6.22. The zero-order valence-electron chi connectivity index (χ0n) is 16.9. The van der Waals surface area contributed by atoms with Crippen LogP contribution < -0.4 is 0 Å². The van der Waals surface area contributed by atoms with Crippen LogP contribution in [-0.2, 0) is 9.22 Å². The summed E-state index contributed by atoms with van der Waals surface area (Å²) in [6.45, 7) is 13.5. The SMILES string of the molecule is Cc1c(/C=N/N2C[C@H](O[Si](C)(C)C(C)(C)C)C[C@H]2C=O)ccc(C#N)c1Cl. The molecule has 27 heavy (non-hydrogen) atoms. The number of hydrogen-bond acceptors (Lipinski definition) is 5. The molecule has 1 aromatic rings. The predicted octanol–water partition coefficient (Wildman–Crippen LogP) is 4.52. The van der Waals surface area contributed by atoms with E-state index in [0.29, 0.717) is 23.6 Å². The van der Waals surface area contributed by atoms with E-state index in [-0.39, 0.29) is 17.2 Å². The fraction of sp³-hybridized carbons (Fsp3) is 0.550. The van der Waals surface area contributed by atoms with E-state index >= 15 is 0 Å². The number of rotatable bonds is 5. The first kappa shape index (κ1) is 21.6. The van der Waals surface area contributed by atoms with Gasteiger partial charge in [-0.3, -0.25) is 5.01 Å². The van der Waals surface area contributed by atoms with Gasteiger partial charge in [0.05, 0.1) is 29.4 Å². The minimum atomic E-state index is -1.90. The van der Waals surface area contributed by atoms with Crippen LogP contribution in [0, 0.1) is 18.3 Å². The fourth-order valence-electron chi connectivity index (χ4n) is 2.81. The van der Waals surface area contributed by atoms with Crippen LogP contribution in [0.15, 0.2) is 17.2 Å². The van der Waals surface area contributed by atoms with Gasteiger partial charge in [-0.1, -0.05) is 38.4 Å². The van der Waals surface area contributed by atoms with E-state index in [4.69, 9.17) is 21.3 Å². The third-order valence-electron chi connectivity index (χ3n) is 5.60.